The molecule has 0 spiro atoms. The van der Waals surface area contributed by atoms with E-state index in [2.05, 4.69) is 15.0 Å². The molecule has 3 atom stereocenters. The Morgan fingerprint density at radius 2 is 2.16 bits per heavy atom. The van der Waals surface area contributed by atoms with Crippen LogP contribution in [-0.2, 0) is 4.74 Å². The zero-order chi connectivity index (χ0) is 13.6. The molecule has 0 bridgehead atoms. The molecule has 0 amide bonds. The van der Waals surface area contributed by atoms with Crippen LogP contribution in [0.1, 0.15) is 12.6 Å². The molecule has 2 aromatic rings. The van der Waals surface area contributed by atoms with Crippen LogP contribution in [-0.4, -0.2) is 53.3 Å². The number of hydrogen-bond acceptors (Lipinski definition) is 7. The molecule has 1 aliphatic heterocycles. The van der Waals surface area contributed by atoms with Crippen molar-refractivity contribution < 1.29 is 20.1 Å². The molecular formula is C10H11ClN4O4. The molecule has 0 aliphatic carbocycles. The average Bonchev–Trinajstić information content (AvgIpc) is 2.93. The Kier molecular flexibility index (Phi) is 3.11. The van der Waals surface area contributed by atoms with E-state index < -0.39 is 24.7 Å². The fourth-order valence-corrected chi connectivity index (χ4v) is 2.33. The van der Waals surface area contributed by atoms with Crippen LogP contribution >= 0.6 is 11.6 Å². The zero-order valence-corrected chi connectivity index (χ0v) is 10.3. The van der Waals surface area contributed by atoms with E-state index in [1.165, 1.54) is 12.7 Å². The lowest BCUT2D eigenvalue weighted by Gasteiger charge is -2.16. The molecule has 0 aromatic carbocycles. The van der Waals surface area contributed by atoms with Gasteiger partial charge in [-0.2, -0.15) is 0 Å². The first-order chi connectivity index (χ1) is 9.08. The maximum absolute atomic E-state index is 9.72. The van der Waals surface area contributed by atoms with Crippen molar-refractivity contribution in [3.8, 4) is 0 Å². The molecule has 1 fully saturated rings. The number of rotatable bonds is 2. The number of ether oxygens (including phenoxy) is 1. The monoisotopic (exact) mass is 286 g/mol. The van der Waals surface area contributed by atoms with Crippen LogP contribution in [0.4, 0.5) is 0 Å². The molecule has 9 heteroatoms. The first-order valence-electron chi connectivity index (χ1n) is 5.60. The lowest BCUT2D eigenvalue weighted by Crippen LogP contribution is -2.34. The molecule has 0 saturated carbocycles. The van der Waals surface area contributed by atoms with Gasteiger partial charge < -0.3 is 20.1 Å². The van der Waals surface area contributed by atoms with E-state index in [0.717, 1.165) is 0 Å². The van der Waals surface area contributed by atoms with Crippen LogP contribution in [0.5, 0.6) is 0 Å². The fraction of sp³-hybridized carbons (Fsp3) is 0.500. The third kappa shape index (κ3) is 2.07. The van der Waals surface area contributed by atoms with E-state index >= 15 is 0 Å². The van der Waals surface area contributed by atoms with Crippen molar-refractivity contribution in [1.82, 2.24) is 19.5 Å². The SMILES string of the molecule is OC(O)[C@H]1O[C@@H](n2cnc3c(Cl)ncnc32)C[C@@H]1O. The summed E-state index contributed by atoms with van der Waals surface area (Å²) < 4.78 is 6.97. The Hall–Kier alpha value is -1.32. The van der Waals surface area contributed by atoms with E-state index in [1.807, 2.05) is 0 Å². The van der Waals surface area contributed by atoms with Crippen LogP contribution < -0.4 is 0 Å². The molecule has 0 unspecified atom stereocenters. The number of nitrogens with zero attached hydrogens (tertiary/aromatic N) is 4. The highest BCUT2D eigenvalue weighted by molar-refractivity contribution is 6.33. The summed E-state index contributed by atoms with van der Waals surface area (Å²) in [5.41, 5.74) is 0.889. The number of imidazole rings is 1. The maximum atomic E-state index is 9.72. The quantitative estimate of drug-likeness (QED) is 0.501. The van der Waals surface area contributed by atoms with Gasteiger partial charge in [0.15, 0.2) is 17.1 Å². The smallest absolute Gasteiger partial charge is 0.181 e. The normalized spacial score (nSPS) is 27.5. The number of aliphatic hydroxyl groups excluding tert-OH is 2. The minimum absolute atomic E-state index is 0.204. The van der Waals surface area contributed by atoms with Gasteiger partial charge in [0, 0.05) is 6.42 Å². The van der Waals surface area contributed by atoms with Gasteiger partial charge in [0.05, 0.1) is 12.4 Å². The van der Waals surface area contributed by atoms with Crippen molar-refractivity contribution in [3.05, 3.63) is 17.8 Å². The Balaban J connectivity index is 1.96. The largest absolute Gasteiger partial charge is 0.390 e. The van der Waals surface area contributed by atoms with Gasteiger partial charge in [-0.05, 0) is 0 Å². The van der Waals surface area contributed by atoms with Crippen molar-refractivity contribution in [3.63, 3.8) is 0 Å². The highest BCUT2D eigenvalue weighted by atomic mass is 35.5. The van der Waals surface area contributed by atoms with Gasteiger partial charge in [-0.3, -0.25) is 4.57 Å². The van der Waals surface area contributed by atoms with Crippen molar-refractivity contribution in [2.24, 2.45) is 0 Å². The molecule has 19 heavy (non-hydrogen) atoms. The molecule has 0 radical (unpaired) electrons. The van der Waals surface area contributed by atoms with Gasteiger partial charge in [0.1, 0.15) is 24.2 Å². The van der Waals surface area contributed by atoms with Crippen molar-refractivity contribution in [2.45, 2.75) is 31.1 Å². The second-order valence-corrected chi connectivity index (χ2v) is 4.62. The van der Waals surface area contributed by atoms with Gasteiger partial charge in [-0.25, -0.2) is 15.0 Å². The number of fused-ring (bicyclic) bond motifs is 1. The number of hydrogen-bond donors (Lipinski definition) is 3. The number of aliphatic hydroxyl groups is 3. The first kappa shape index (κ1) is 12.7. The topological polar surface area (TPSA) is 114 Å². The van der Waals surface area contributed by atoms with Gasteiger partial charge in [0.25, 0.3) is 0 Å². The van der Waals surface area contributed by atoms with Crippen LogP contribution in [0.25, 0.3) is 11.2 Å². The van der Waals surface area contributed by atoms with Crippen LogP contribution in [0.15, 0.2) is 12.7 Å². The highest BCUT2D eigenvalue weighted by Gasteiger charge is 2.39. The third-order valence-corrected chi connectivity index (χ3v) is 3.33. The predicted octanol–water partition coefficient (Wildman–Crippen LogP) is -0.561. The second kappa shape index (κ2) is 4.66. The predicted molar refractivity (Wildman–Crippen MR) is 63.1 cm³/mol. The van der Waals surface area contributed by atoms with Crippen molar-refractivity contribution in [2.75, 3.05) is 0 Å². The molecule has 1 aliphatic rings. The summed E-state index contributed by atoms with van der Waals surface area (Å²) >= 11 is 5.89. The van der Waals surface area contributed by atoms with Crippen molar-refractivity contribution in [1.29, 1.82) is 0 Å². The molecule has 8 nitrogen and oxygen atoms in total. The van der Waals surface area contributed by atoms with Crippen LogP contribution in [0, 0.1) is 0 Å². The van der Waals surface area contributed by atoms with Gasteiger partial charge in [0.2, 0.25) is 0 Å². The summed E-state index contributed by atoms with van der Waals surface area (Å²) in [6.45, 7) is 0. The summed E-state index contributed by atoms with van der Waals surface area (Å²) in [5.74, 6) is 0. The maximum Gasteiger partial charge on any atom is 0.181 e. The molecular weight excluding hydrogens is 276 g/mol. The van der Waals surface area contributed by atoms with Crippen molar-refractivity contribution >= 4 is 22.8 Å². The van der Waals surface area contributed by atoms with Gasteiger partial charge in [-0.1, -0.05) is 11.6 Å². The molecule has 2 aromatic heterocycles. The second-order valence-electron chi connectivity index (χ2n) is 4.26. The summed E-state index contributed by atoms with van der Waals surface area (Å²) in [5, 5.41) is 28.1. The highest BCUT2D eigenvalue weighted by Crippen LogP contribution is 2.32. The Morgan fingerprint density at radius 3 is 2.84 bits per heavy atom. The lowest BCUT2D eigenvalue weighted by molar-refractivity contribution is -0.167. The average molecular weight is 287 g/mol. The minimum atomic E-state index is -1.74. The molecule has 3 heterocycles. The number of halogens is 1. The Labute approximate surface area is 112 Å². The fourth-order valence-electron chi connectivity index (χ4n) is 2.15. The zero-order valence-electron chi connectivity index (χ0n) is 9.59. The molecule has 3 N–H and O–H groups in total. The first-order valence-corrected chi connectivity index (χ1v) is 5.98. The molecule has 102 valence electrons. The van der Waals surface area contributed by atoms with Gasteiger partial charge >= 0.3 is 0 Å². The van der Waals surface area contributed by atoms with E-state index in [0.29, 0.717) is 11.2 Å². The lowest BCUT2D eigenvalue weighted by atomic mass is 10.2. The van der Waals surface area contributed by atoms with E-state index in [1.54, 1.807) is 4.57 Å². The van der Waals surface area contributed by atoms with E-state index in [9.17, 15) is 5.11 Å². The summed E-state index contributed by atoms with van der Waals surface area (Å²) in [7, 11) is 0. The standard InChI is InChI=1S/C10H11ClN4O4/c11-8-6-9(13-2-12-8)15(3-14-6)5-1-4(16)7(19-5)10(17)18/h2-5,7,10,16-18H,1H2/t4-,5+,7-/m0/s1. The third-order valence-electron chi connectivity index (χ3n) is 3.05. The minimum Gasteiger partial charge on any atom is -0.390 e. The van der Waals surface area contributed by atoms with Crippen LogP contribution in [0.3, 0.4) is 0 Å². The van der Waals surface area contributed by atoms with E-state index in [4.69, 9.17) is 26.6 Å². The molecule has 3 rings (SSSR count). The van der Waals surface area contributed by atoms with E-state index in [-0.39, 0.29) is 11.6 Å². The Morgan fingerprint density at radius 1 is 1.37 bits per heavy atom. The van der Waals surface area contributed by atoms with Crippen LogP contribution in [0.2, 0.25) is 5.15 Å². The Bertz CT molecular complexity index is 604. The molecule has 1 saturated heterocycles. The number of aromatic nitrogens is 4. The summed E-state index contributed by atoms with van der Waals surface area (Å²) in [6, 6.07) is 0. The summed E-state index contributed by atoms with van der Waals surface area (Å²) in [6.07, 6.45) is -1.39. The summed E-state index contributed by atoms with van der Waals surface area (Å²) in [4.78, 5) is 12.0. The van der Waals surface area contributed by atoms with Gasteiger partial charge in [-0.15, -0.1) is 0 Å².